The van der Waals surface area contributed by atoms with Gasteiger partial charge < -0.3 is 24.8 Å². The normalized spacial score (nSPS) is 30.9. The Balaban J connectivity index is 2.34. The largest absolute Gasteiger partial charge is 0.479 e. The van der Waals surface area contributed by atoms with Gasteiger partial charge in [-0.2, -0.15) is 0 Å². The first-order valence-corrected chi connectivity index (χ1v) is 6.27. The van der Waals surface area contributed by atoms with Gasteiger partial charge in [-0.1, -0.05) is 6.42 Å². The molecule has 19 heavy (non-hydrogen) atoms. The number of carbonyl (C=O) groups excluding carboxylic acids is 1. The van der Waals surface area contributed by atoms with Crippen molar-refractivity contribution >= 4 is 11.9 Å². The smallest absolute Gasteiger partial charge is 0.335 e. The van der Waals surface area contributed by atoms with Gasteiger partial charge in [-0.25, -0.2) is 4.79 Å². The van der Waals surface area contributed by atoms with Gasteiger partial charge in [-0.15, -0.1) is 0 Å². The molecule has 1 heterocycles. The molecule has 0 radical (unpaired) electrons. The van der Waals surface area contributed by atoms with Crippen LogP contribution in [0.3, 0.4) is 0 Å². The van der Waals surface area contributed by atoms with Gasteiger partial charge in [0.15, 0.2) is 6.10 Å². The second-order valence-corrected chi connectivity index (χ2v) is 4.63. The SMILES string of the molecule is COC(=O)CCCCC1CC(O)C(O)C(C(=O)O)O1. The highest BCUT2D eigenvalue weighted by atomic mass is 16.5. The highest BCUT2D eigenvalue weighted by Crippen LogP contribution is 2.24. The zero-order valence-electron chi connectivity index (χ0n) is 10.8. The standard InChI is InChI=1S/C12H20O7/c1-18-9(14)5-3-2-4-7-6-8(13)10(15)11(19-7)12(16)17/h7-8,10-11,13,15H,2-6H2,1H3,(H,16,17). The van der Waals surface area contributed by atoms with Gasteiger partial charge >= 0.3 is 11.9 Å². The van der Waals surface area contributed by atoms with Crippen molar-refractivity contribution in [1.82, 2.24) is 0 Å². The molecule has 7 nitrogen and oxygen atoms in total. The topological polar surface area (TPSA) is 113 Å². The van der Waals surface area contributed by atoms with Crippen molar-refractivity contribution in [1.29, 1.82) is 0 Å². The fourth-order valence-electron chi connectivity index (χ4n) is 2.09. The molecule has 110 valence electrons. The number of carboxylic acids is 1. The van der Waals surface area contributed by atoms with Crippen LogP contribution in [0.5, 0.6) is 0 Å². The van der Waals surface area contributed by atoms with E-state index in [2.05, 4.69) is 4.74 Å². The summed E-state index contributed by atoms with van der Waals surface area (Å²) in [5, 5.41) is 27.9. The number of ether oxygens (including phenoxy) is 2. The Labute approximate surface area is 111 Å². The summed E-state index contributed by atoms with van der Waals surface area (Å²) >= 11 is 0. The van der Waals surface area contributed by atoms with Gasteiger partial charge in [-0.3, -0.25) is 4.79 Å². The van der Waals surface area contributed by atoms with Gasteiger partial charge in [0.1, 0.15) is 6.10 Å². The van der Waals surface area contributed by atoms with E-state index in [4.69, 9.17) is 9.84 Å². The molecule has 1 aliphatic rings. The van der Waals surface area contributed by atoms with E-state index >= 15 is 0 Å². The molecule has 0 aliphatic carbocycles. The van der Waals surface area contributed by atoms with Crippen molar-refractivity contribution in [2.45, 2.75) is 56.5 Å². The van der Waals surface area contributed by atoms with Gasteiger partial charge in [-0.05, 0) is 12.8 Å². The van der Waals surface area contributed by atoms with Gasteiger partial charge in [0.2, 0.25) is 0 Å². The number of esters is 1. The molecule has 0 aromatic carbocycles. The van der Waals surface area contributed by atoms with E-state index in [0.29, 0.717) is 25.7 Å². The number of carbonyl (C=O) groups is 2. The van der Waals surface area contributed by atoms with Crippen LogP contribution < -0.4 is 0 Å². The zero-order valence-corrected chi connectivity index (χ0v) is 10.8. The summed E-state index contributed by atoms with van der Waals surface area (Å²) < 4.78 is 9.74. The van der Waals surface area contributed by atoms with E-state index in [9.17, 15) is 19.8 Å². The molecule has 0 bridgehead atoms. The Morgan fingerprint density at radius 2 is 2.00 bits per heavy atom. The number of aliphatic hydroxyl groups excluding tert-OH is 2. The van der Waals surface area contributed by atoms with E-state index in [1.807, 2.05) is 0 Å². The molecular formula is C12H20O7. The van der Waals surface area contributed by atoms with Crippen LogP contribution in [0.25, 0.3) is 0 Å². The summed E-state index contributed by atoms with van der Waals surface area (Å²) in [7, 11) is 1.32. The Morgan fingerprint density at radius 1 is 1.32 bits per heavy atom. The maximum Gasteiger partial charge on any atom is 0.335 e. The number of aliphatic carboxylic acids is 1. The van der Waals surface area contributed by atoms with E-state index in [0.717, 1.165) is 0 Å². The summed E-state index contributed by atoms with van der Waals surface area (Å²) in [6, 6.07) is 0. The molecule has 0 aromatic heterocycles. The Bertz CT molecular complexity index is 317. The molecule has 1 saturated heterocycles. The molecule has 1 rings (SSSR count). The second-order valence-electron chi connectivity index (χ2n) is 4.63. The minimum atomic E-state index is -1.40. The third-order valence-electron chi connectivity index (χ3n) is 3.18. The molecule has 7 heteroatoms. The van der Waals surface area contributed by atoms with Crippen LogP contribution in [0.4, 0.5) is 0 Å². The zero-order chi connectivity index (χ0) is 14.4. The lowest BCUT2D eigenvalue weighted by atomic mass is 9.95. The van der Waals surface area contributed by atoms with Crippen LogP contribution in [-0.4, -0.2) is 58.8 Å². The fourth-order valence-corrected chi connectivity index (χ4v) is 2.09. The van der Waals surface area contributed by atoms with Crippen molar-refractivity contribution in [2.24, 2.45) is 0 Å². The first-order valence-electron chi connectivity index (χ1n) is 6.27. The number of aliphatic hydroxyl groups is 2. The van der Waals surface area contributed by atoms with Gasteiger partial charge in [0, 0.05) is 12.8 Å². The number of rotatable bonds is 6. The van der Waals surface area contributed by atoms with E-state index in [-0.39, 0.29) is 12.4 Å². The minimum absolute atomic E-state index is 0.198. The predicted octanol–water partition coefficient (Wildman–Crippen LogP) is -0.316. The Hall–Kier alpha value is -1.18. The molecular weight excluding hydrogens is 256 g/mol. The predicted molar refractivity (Wildman–Crippen MR) is 63.4 cm³/mol. The molecule has 4 unspecified atom stereocenters. The van der Waals surface area contributed by atoms with Crippen molar-refractivity contribution in [3.63, 3.8) is 0 Å². The first kappa shape index (κ1) is 15.9. The van der Waals surface area contributed by atoms with Crippen LogP contribution >= 0.6 is 0 Å². The van der Waals surface area contributed by atoms with Crippen molar-refractivity contribution in [3.8, 4) is 0 Å². The fraction of sp³-hybridized carbons (Fsp3) is 0.833. The maximum atomic E-state index is 10.9. The summed E-state index contributed by atoms with van der Waals surface area (Å²) in [5.74, 6) is -1.57. The van der Waals surface area contributed by atoms with E-state index in [1.165, 1.54) is 7.11 Å². The molecule has 0 aromatic rings. The monoisotopic (exact) mass is 276 g/mol. The lowest BCUT2D eigenvalue weighted by molar-refractivity contribution is -0.194. The molecule has 4 atom stereocenters. The Kier molecular flexibility index (Phi) is 6.20. The highest BCUT2D eigenvalue weighted by molar-refractivity contribution is 5.73. The van der Waals surface area contributed by atoms with Crippen molar-refractivity contribution in [2.75, 3.05) is 7.11 Å². The Morgan fingerprint density at radius 3 is 2.58 bits per heavy atom. The summed E-state index contributed by atoms with van der Waals surface area (Å²) in [4.78, 5) is 21.8. The van der Waals surface area contributed by atoms with Gasteiger partial charge in [0.05, 0.1) is 19.3 Å². The number of methoxy groups -OCH3 is 1. The summed E-state index contributed by atoms with van der Waals surface area (Å²) in [6.45, 7) is 0. The first-order chi connectivity index (χ1) is 8.95. The average molecular weight is 276 g/mol. The number of hydrogen-bond donors (Lipinski definition) is 3. The van der Waals surface area contributed by atoms with E-state index in [1.54, 1.807) is 0 Å². The van der Waals surface area contributed by atoms with Crippen LogP contribution in [0.15, 0.2) is 0 Å². The number of unbranched alkanes of at least 4 members (excludes halogenated alkanes) is 1. The molecule has 0 amide bonds. The quantitative estimate of drug-likeness (QED) is 0.450. The molecule has 3 N–H and O–H groups in total. The average Bonchev–Trinajstić information content (AvgIpc) is 2.37. The maximum absolute atomic E-state index is 10.9. The second kappa shape index (κ2) is 7.42. The van der Waals surface area contributed by atoms with Crippen molar-refractivity contribution < 1.29 is 34.4 Å². The lowest BCUT2D eigenvalue weighted by Gasteiger charge is -2.35. The van der Waals surface area contributed by atoms with Crippen molar-refractivity contribution in [3.05, 3.63) is 0 Å². The third-order valence-corrected chi connectivity index (χ3v) is 3.18. The van der Waals surface area contributed by atoms with Crippen LogP contribution in [0.1, 0.15) is 32.1 Å². The third kappa shape index (κ3) is 4.77. The van der Waals surface area contributed by atoms with Crippen LogP contribution in [-0.2, 0) is 19.1 Å². The lowest BCUT2D eigenvalue weighted by Crippen LogP contribution is -2.51. The molecule has 0 saturated carbocycles. The van der Waals surface area contributed by atoms with Crippen LogP contribution in [0, 0.1) is 0 Å². The van der Waals surface area contributed by atoms with Gasteiger partial charge in [0.25, 0.3) is 0 Å². The highest BCUT2D eigenvalue weighted by Gasteiger charge is 2.40. The molecule has 1 fully saturated rings. The summed E-state index contributed by atoms with van der Waals surface area (Å²) in [6.07, 6.45) is -2.00. The number of carboxylic acid groups (broad SMARTS) is 1. The van der Waals surface area contributed by atoms with Crippen LogP contribution in [0.2, 0.25) is 0 Å². The molecule has 0 spiro atoms. The molecule has 1 aliphatic heterocycles. The van der Waals surface area contributed by atoms with E-state index < -0.39 is 30.4 Å². The minimum Gasteiger partial charge on any atom is -0.479 e. The summed E-state index contributed by atoms with van der Waals surface area (Å²) in [5.41, 5.74) is 0. The number of hydrogen-bond acceptors (Lipinski definition) is 6.